The van der Waals surface area contributed by atoms with Gasteiger partial charge in [-0.3, -0.25) is 4.98 Å². The average Bonchev–Trinajstić information content (AvgIpc) is 2.59. The molecule has 0 saturated carbocycles. The molecule has 0 fully saturated rings. The second-order valence-corrected chi connectivity index (χ2v) is 3.66. The predicted molar refractivity (Wildman–Crippen MR) is 102 cm³/mol. The van der Waals surface area contributed by atoms with E-state index in [-0.39, 0.29) is 45.9 Å². The van der Waals surface area contributed by atoms with Gasteiger partial charge in [0.2, 0.25) is 0 Å². The fourth-order valence-corrected chi connectivity index (χ4v) is 1.50. The van der Waals surface area contributed by atoms with Crippen LogP contribution in [0.5, 0.6) is 0 Å². The number of pyridine rings is 1. The second-order valence-electron chi connectivity index (χ2n) is 3.66. The molecule has 0 spiro atoms. The molecule has 2 aromatic rings. The number of fused-ring (bicyclic) bond motifs is 1. The Morgan fingerprint density at radius 3 is 2.25 bits per heavy atom. The number of ether oxygens (including phenoxy) is 1. The molecule has 0 unspecified atom stereocenters. The van der Waals surface area contributed by atoms with Crippen molar-refractivity contribution in [2.45, 2.75) is 41.5 Å². The van der Waals surface area contributed by atoms with Gasteiger partial charge in [-0.15, -0.1) is 0 Å². The molecular weight excluding hydrogens is 374 g/mol. The molecule has 0 aliphatic heterocycles. The normalized spacial score (nSPS) is 7.58. The van der Waals surface area contributed by atoms with Crippen LogP contribution in [-0.2, 0) is 48.7 Å². The molecule has 24 heavy (non-hydrogen) atoms. The van der Waals surface area contributed by atoms with Crippen molar-refractivity contribution in [2.24, 2.45) is 0 Å². The first-order valence-electron chi connectivity index (χ1n) is 7.40. The molecule has 0 amide bonds. The third kappa shape index (κ3) is 13.7. The van der Waals surface area contributed by atoms with Crippen LogP contribution in [0.4, 0.5) is 0 Å². The summed E-state index contributed by atoms with van der Waals surface area (Å²) in [5, 5.41) is 2.16. The van der Waals surface area contributed by atoms with Crippen LogP contribution in [0.15, 0.2) is 36.7 Å². The van der Waals surface area contributed by atoms with Crippen molar-refractivity contribution in [1.82, 2.24) is 4.98 Å². The van der Waals surface area contributed by atoms with Gasteiger partial charge < -0.3 is 15.9 Å². The summed E-state index contributed by atoms with van der Waals surface area (Å²) in [5.41, 5.74) is 0.973. The fourth-order valence-electron chi connectivity index (χ4n) is 1.50. The van der Waals surface area contributed by atoms with Crippen molar-refractivity contribution in [3.63, 3.8) is 0 Å². The average molecular weight is 404 g/mol. The van der Waals surface area contributed by atoms with Gasteiger partial charge in [0.25, 0.3) is 0 Å². The minimum Gasteiger partial charge on any atom is -0.557 e. The first kappa shape index (κ1) is 31.1. The van der Waals surface area contributed by atoms with Crippen LogP contribution in [0.2, 0.25) is 0 Å². The number of benzene rings is 1. The van der Waals surface area contributed by atoms with Crippen molar-refractivity contribution >= 4 is 24.4 Å². The summed E-state index contributed by atoms with van der Waals surface area (Å²) in [5.74, 6) is -0.0663. The third-order valence-electron chi connectivity index (χ3n) is 2.27. The van der Waals surface area contributed by atoms with Crippen molar-refractivity contribution in [3.05, 3.63) is 55.7 Å². The molecule has 0 aliphatic rings. The van der Waals surface area contributed by atoms with Gasteiger partial charge in [0.05, 0.1) is 0 Å². The Hall–Kier alpha value is -0.701. The maximum atomic E-state index is 11.1. The molecular formula is C19H30BNO2Y-2. The first-order chi connectivity index (χ1) is 10.7. The second kappa shape index (κ2) is 22.3. The van der Waals surface area contributed by atoms with E-state index in [1.54, 1.807) is 12.4 Å². The predicted octanol–water partition coefficient (Wildman–Crippen LogP) is 4.79. The van der Waals surface area contributed by atoms with Crippen LogP contribution < -0.4 is 0 Å². The summed E-state index contributed by atoms with van der Waals surface area (Å²) in [6.45, 7) is 8.00. The summed E-state index contributed by atoms with van der Waals surface area (Å²) in [7, 11) is 9.65. The Kier molecular flexibility index (Phi) is 28.9. The number of rotatable bonds is 3. The van der Waals surface area contributed by atoms with Crippen LogP contribution in [-0.4, -0.2) is 25.7 Å². The molecule has 1 heterocycles. The number of nitrogens with zero attached hydrogens (tertiary/aromatic N) is 1. The minimum absolute atomic E-state index is 0. The molecule has 0 saturated heterocycles. The van der Waals surface area contributed by atoms with Crippen molar-refractivity contribution in [3.8, 4) is 0 Å². The monoisotopic (exact) mass is 404 g/mol. The van der Waals surface area contributed by atoms with Gasteiger partial charge in [-0.1, -0.05) is 53.3 Å². The Morgan fingerprint density at radius 1 is 1.21 bits per heavy atom. The van der Waals surface area contributed by atoms with E-state index >= 15 is 0 Å². The molecule has 5 heteroatoms. The third-order valence-corrected chi connectivity index (χ3v) is 2.27. The largest absolute Gasteiger partial charge is 0.557 e. The molecule has 0 bridgehead atoms. The molecule has 0 N–H and O–H groups in total. The number of methoxy groups -OCH3 is 1. The Bertz CT molecular complexity index is 521. The molecule has 0 aliphatic carbocycles. The first-order valence-corrected chi connectivity index (χ1v) is 7.40. The van der Waals surface area contributed by atoms with Gasteiger partial charge in [-0.25, -0.2) is 7.11 Å². The van der Waals surface area contributed by atoms with Gasteiger partial charge in [0.15, 0.2) is 0 Å². The van der Waals surface area contributed by atoms with Crippen molar-refractivity contribution in [1.29, 1.82) is 0 Å². The standard InChI is InChI=1S/C12H9BNO.C2H5O.2C2H6.CH4.Y/c13-7-12(15)6-9-1-2-11-8-14-4-3-10(11)5-9;1-3-2;2*1-2;;/h1-5,7-8H,6H2;1H2,2H3;2*1-2H3;1H4;/q2*-1;;;;. The van der Waals surface area contributed by atoms with E-state index in [1.807, 2.05) is 52.0 Å². The Balaban J connectivity index is -0.000000196. The van der Waals surface area contributed by atoms with E-state index in [0.29, 0.717) is 6.42 Å². The number of carbonyl (C=O) groups excluding carboxylic acids is 1. The van der Waals surface area contributed by atoms with Crippen LogP contribution in [0.3, 0.4) is 0 Å². The number of hydrogen-bond donors (Lipinski definition) is 0. The number of aromatic nitrogens is 1. The van der Waals surface area contributed by atoms with Gasteiger partial charge >= 0.3 is 0 Å². The van der Waals surface area contributed by atoms with Gasteiger partial charge in [-0.2, -0.15) is 7.85 Å². The van der Waals surface area contributed by atoms with E-state index < -0.39 is 0 Å². The van der Waals surface area contributed by atoms with E-state index in [0.717, 1.165) is 22.7 Å². The van der Waals surface area contributed by atoms with Gasteiger partial charge in [-0.05, 0) is 29.9 Å². The smallest absolute Gasteiger partial charge is 0.0346 e. The summed E-state index contributed by atoms with van der Waals surface area (Å²) in [6.07, 6.45) is 5.00. The molecule has 131 valence electrons. The Labute approximate surface area is 175 Å². The zero-order valence-corrected chi connectivity index (χ0v) is 17.7. The van der Waals surface area contributed by atoms with Crippen LogP contribution in [0, 0.1) is 13.4 Å². The molecule has 2 rings (SSSR count). The van der Waals surface area contributed by atoms with Crippen LogP contribution >= 0.6 is 0 Å². The SMILES string of the molecule is C.CC.CC.[B][CH-]C(=O)Cc1ccc2cnccc2c1.[CH2-]OC.[Y]. The van der Waals surface area contributed by atoms with E-state index in [1.165, 1.54) is 7.11 Å². The molecule has 0 atom stereocenters. The summed E-state index contributed by atoms with van der Waals surface area (Å²) in [6, 6.07) is 7.79. The molecule has 1 aromatic carbocycles. The van der Waals surface area contributed by atoms with E-state index in [9.17, 15) is 4.79 Å². The summed E-state index contributed by atoms with van der Waals surface area (Å²) >= 11 is 0. The maximum absolute atomic E-state index is 11.1. The zero-order chi connectivity index (χ0) is 17.4. The quantitative estimate of drug-likeness (QED) is 0.546. The topological polar surface area (TPSA) is 39.2 Å². The van der Waals surface area contributed by atoms with Crippen LogP contribution in [0.1, 0.15) is 40.7 Å². The van der Waals surface area contributed by atoms with E-state index in [4.69, 9.17) is 7.85 Å². The Morgan fingerprint density at radius 2 is 1.75 bits per heavy atom. The number of Topliss-reactive ketones (excluding diaryl/α,β-unsaturated/α-hetero) is 1. The maximum Gasteiger partial charge on any atom is 0.0346 e. The number of ketones is 1. The zero-order valence-electron chi connectivity index (χ0n) is 14.9. The molecule has 3 nitrogen and oxygen atoms in total. The van der Waals surface area contributed by atoms with Gasteiger partial charge in [0, 0.05) is 56.9 Å². The summed E-state index contributed by atoms with van der Waals surface area (Å²) < 4.78 is 4.00. The van der Waals surface area contributed by atoms with E-state index in [2.05, 4.69) is 16.8 Å². The number of hydrogen-bond acceptors (Lipinski definition) is 3. The molecule has 3 radical (unpaired) electrons. The fraction of sp³-hybridized carbons (Fsp3) is 0.368. The van der Waals surface area contributed by atoms with Crippen molar-refractivity contribution in [2.75, 3.05) is 7.11 Å². The minimum atomic E-state index is -0.0663. The van der Waals surface area contributed by atoms with Gasteiger partial charge in [0.1, 0.15) is 0 Å². The number of carbonyl (C=O) groups is 1. The van der Waals surface area contributed by atoms with Crippen LogP contribution in [0.25, 0.3) is 10.8 Å². The summed E-state index contributed by atoms with van der Waals surface area (Å²) in [4.78, 5) is 15.2. The van der Waals surface area contributed by atoms with Crippen molar-refractivity contribution < 1.29 is 42.2 Å². The molecule has 1 aromatic heterocycles.